The van der Waals surface area contributed by atoms with Gasteiger partial charge in [-0.1, -0.05) is 20.3 Å². The summed E-state index contributed by atoms with van der Waals surface area (Å²) in [6.45, 7) is 4.23. The van der Waals surface area contributed by atoms with E-state index in [1.54, 1.807) is 7.05 Å². The number of hydrogen-bond acceptors (Lipinski definition) is 2. The van der Waals surface area contributed by atoms with Gasteiger partial charge in [-0.3, -0.25) is 4.79 Å². The number of amides is 1. The molecule has 0 aromatic heterocycles. The van der Waals surface area contributed by atoms with Crippen LogP contribution in [-0.4, -0.2) is 19.0 Å². The Balaban J connectivity index is 3.77. The van der Waals surface area contributed by atoms with E-state index in [1.807, 2.05) is 0 Å². The summed E-state index contributed by atoms with van der Waals surface area (Å²) >= 11 is 0. The molecule has 0 fully saturated rings. The van der Waals surface area contributed by atoms with Crippen LogP contribution in [0.4, 0.5) is 0 Å². The van der Waals surface area contributed by atoms with E-state index in [4.69, 9.17) is 5.73 Å². The summed E-state index contributed by atoms with van der Waals surface area (Å²) in [6, 6.07) is -0.162. The van der Waals surface area contributed by atoms with E-state index in [2.05, 4.69) is 19.2 Å². The van der Waals surface area contributed by atoms with E-state index in [0.29, 0.717) is 5.92 Å². The van der Waals surface area contributed by atoms with E-state index >= 15 is 0 Å². The van der Waals surface area contributed by atoms with Gasteiger partial charge < -0.3 is 11.1 Å². The lowest BCUT2D eigenvalue weighted by Crippen LogP contribution is -2.40. The SMILES string of the molecule is CCC(C)CC(NC)C(N)=O. The van der Waals surface area contributed by atoms with Crippen molar-refractivity contribution in [2.45, 2.75) is 32.7 Å². The van der Waals surface area contributed by atoms with Gasteiger partial charge in [0.05, 0.1) is 6.04 Å². The lowest BCUT2D eigenvalue weighted by atomic mass is 9.99. The van der Waals surface area contributed by atoms with Gasteiger partial charge in [0.15, 0.2) is 0 Å². The highest BCUT2D eigenvalue weighted by molar-refractivity contribution is 5.79. The van der Waals surface area contributed by atoms with Crippen molar-refractivity contribution in [3.63, 3.8) is 0 Å². The fourth-order valence-corrected chi connectivity index (χ4v) is 0.945. The fraction of sp³-hybridized carbons (Fsp3) is 0.875. The maximum Gasteiger partial charge on any atom is 0.234 e. The average Bonchev–Trinajstić information content (AvgIpc) is 1.99. The minimum atomic E-state index is -0.257. The first kappa shape index (κ1) is 10.4. The highest BCUT2D eigenvalue weighted by atomic mass is 16.1. The van der Waals surface area contributed by atoms with E-state index in [1.165, 1.54) is 0 Å². The van der Waals surface area contributed by atoms with Gasteiger partial charge in [0.2, 0.25) is 5.91 Å². The maximum atomic E-state index is 10.7. The zero-order chi connectivity index (χ0) is 8.85. The molecule has 0 aliphatic heterocycles. The maximum absolute atomic E-state index is 10.7. The Morgan fingerprint density at radius 2 is 2.18 bits per heavy atom. The number of hydrogen-bond donors (Lipinski definition) is 2. The molecule has 2 unspecified atom stereocenters. The van der Waals surface area contributed by atoms with Crippen molar-refractivity contribution in [2.24, 2.45) is 11.7 Å². The average molecular weight is 158 g/mol. The van der Waals surface area contributed by atoms with Crippen LogP contribution in [0.15, 0.2) is 0 Å². The molecule has 0 heterocycles. The van der Waals surface area contributed by atoms with Crippen molar-refractivity contribution >= 4 is 5.91 Å². The first-order chi connectivity index (χ1) is 5.11. The zero-order valence-corrected chi connectivity index (χ0v) is 7.55. The number of rotatable bonds is 5. The molecule has 11 heavy (non-hydrogen) atoms. The molecule has 0 aliphatic rings. The number of nitrogens with two attached hydrogens (primary N) is 1. The Morgan fingerprint density at radius 1 is 1.64 bits per heavy atom. The highest BCUT2D eigenvalue weighted by Crippen LogP contribution is 2.08. The minimum absolute atomic E-state index is 0.162. The number of carbonyl (C=O) groups is 1. The molecule has 0 aromatic rings. The minimum Gasteiger partial charge on any atom is -0.368 e. The molecule has 66 valence electrons. The Labute approximate surface area is 68.3 Å². The van der Waals surface area contributed by atoms with Crippen LogP contribution in [0.5, 0.6) is 0 Å². The highest BCUT2D eigenvalue weighted by Gasteiger charge is 2.14. The molecule has 0 aliphatic carbocycles. The molecule has 0 aromatic carbocycles. The summed E-state index contributed by atoms with van der Waals surface area (Å²) in [5.74, 6) is 0.299. The number of likely N-dealkylation sites (N-methyl/N-ethyl adjacent to an activating group) is 1. The molecule has 2 atom stereocenters. The number of nitrogens with one attached hydrogen (secondary N) is 1. The van der Waals surface area contributed by atoms with Crippen LogP contribution >= 0.6 is 0 Å². The van der Waals surface area contributed by atoms with Crippen molar-refractivity contribution in [3.8, 4) is 0 Å². The Kier molecular flexibility index (Phi) is 4.86. The van der Waals surface area contributed by atoms with E-state index in [9.17, 15) is 4.79 Å². The summed E-state index contributed by atoms with van der Waals surface area (Å²) < 4.78 is 0. The lowest BCUT2D eigenvalue weighted by molar-refractivity contribution is -0.120. The van der Waals surface area contributed by atoms with Crippen molar-refractivity contribution in [1.82, 2.24) is 5.32 Å². The largest absolute Gasteiger partial charge is 0.368 e. The van der Waals surface area contributed by atoms with Crippen LogP contribution in [0.2, 0.25) is 0 Å². The number of carbonyl (C=O) groups excluding carboxylic acids is 1. The molecule has 0 spiro atoms. The first-order valence-electron chi connectivity index (χ1n) is 4.08. The Bertz CT molecular complexity index is 125. The second kappa shape index (κ2) is 5.13. The molecule has 0 rings (SSSR count). The van der Waals surface area contributed by atoms with Crippen molar-refractivity contribution in [3.05, 3.63) is 0 Å². The van der Waals surface area contributed by atoms with E-state index in [0.717, 1.165) is 12.8 Å². The van der Waals surface area contributed by atoms with Crippen LogP contribution in [0, 0.1) is 5.92 Å². The topological polar surface area (TPSA) is 55.1 Å². The van der Waals surface area contributed by atoms with E-state index in [-0.39, 0.29) is 11.9 Å². The summed E-state index contributed by atoms with van der Waals surface area (Å²) in [5.41, 5.74) is 5.15. The Morgan fingerprint density at radius 3 is 2.45 bits per heavy atom. The van der Waals surface area contributed by atoms with Crippen LogP contribution in [-0.2, 0) is 4.79 Å². The quantitative estimate of drug-likeness (QED) is 0.612. The van der Waals surface area contributed by atoms with Crippen molar-refractivity contribution in [1.29, 1.82) is 0 Å². The third-order valence-corrected chi connectivity index (χ3v) is 2.03. The fourth-order valence-electron chi connectivity index (χ4n) is 0.945. The third kappa shape index (κ3) is 3.98. The van der Waals surface area contributed by atoms with Gasteiger partial charge in [0.25, 0.3) is 0 Å². The van der Waals surface area contributed by atoms with Gasteiger partial charge in [-0.15, -0.1) is 0 Å². The monoisotopic (exact) mass is 158 g/mol. The van der Waals surface area contributed by atoms with Crippen molar-refractivity contribution in [2.75, 3.05) is 7.05 Å². The van der Waals surface area contributed by atoms with Crippen molar-refractivity contribution < 1.29 is 4.79 Å². The second-order valence-corrected chi connectivity index (χ2v) is 2.99. The summed E-state index contributed by atoms with van der Waals surface area (Å²) in [6.07, 6.45) is 1.92. The summed E-state index contributed by atoms with van der Waals surface area (Å²) in [4.78, 5) is 10.7. The van der Waals surface area contributed by atoms with Gasteiger partial charge in [-0.2, -0.15) is 0 Å². The molecule has 0 radical (unpaired) electrons. The van der Waals surface area contributed by atoms with Crippen LogP contribution in [0.1, 0.15) is 26.7 Å². The van der Waals surface area contributed by atoms with Gasteiger partial charge in [0, 0.05) is 0 Å². The predicted octanol–water partition coefficient (Wildman–Crippen LogP) is 0.496. The molecule has 0 saturated carbocycles. The third-order valence-electron chi connectivity index (χ3n) is 2.03. The molecule has 3 nitrogen and oxygen atoms in total. The van der Waals surface area contributed by atoms with Gasteiger partial charge >= 0.3 is 0 Å². The van der Waals surface area contributed by atoms with E-state index < -0.39 is 0 Å². The smallest absolute Gasteiger partial charge is 0.234 e. The van der Waals surface area contributed by atoms with Gasteiger partial charge in [0.1, 0.15) is 0 Å². The molecule has 0 bridgehead atoms. The molecular weight excluding hydrogens is 140 g/mol. The lowest BCUT2D eigenvalue weighted by Gasteiger charge is -2.15. The van der Waals surface area contributed by atoms with Crippen LogP contribution in [0.25, 0.3) is 0 Å². The molecule has 1 amide bonds. The first-order valence-corrected chi connectivity index (χ1v) is 4.08. The molecule has 3 N–H and O–H groups in total. The van der Waals surface area contributed by atoms with Gasteiger partial charge in [-0.05, 0) is 19.4 Å². The predicted molar refractivity (Wildman–Crippen MR) is 46.1 cm³/mol. The molecule has 0 saturated heterocycles. The van der Waals surface area contributed by atoms with Crippen LogP contribution < -0.4 is 11.1 Å². The van der Waals surface area contributed by atoms with Gasteiger partial charge in [-0.25, -0.2) is 0 Å². The Hall–Kier alpha value is -0.570. The standard InChI is InChI=1S/C8H18N2O/c1-4-6(2)5-7(10-3)8(9)11/h6-7,10H,4-5H2,1-3H3,(H2,9,11). The normalized spacial score (nSPS) is 15.9. The zero-order valence-electron chi connectivity index (χ0n) is 7.55. The molecule has 3 heteroatoms. The molecular formula is C8H18N2O. The number of primary amides is 1. The summed E-state index contributed by atoms with van der Waals surface area (Å²) in [7, 11) is 1.76. The summed E-state index contributed by atoms with van der Waals surface area (Å²) in [5, 5.41) is 2.89. The second-order valence-electron chi connectivity index (χ2n) is 2.99. The van der Waals surface area contributed by atoms with Crippen LogP contribution in [0.3, 0.4) is 0 Å².